The van der Waals surface area contributed by atoms with Gasteiger partial charge in [-0.3, -0.25) is 4.79 Å². The van der Waals surface area contributed by atoms with Crippen LogP contribution in [0.15, 0.2) is 28.7 Å². The van der Waals surface area contributed by atoms with Gasteiger partial charge in [0.15, 0.2) is 0 Å². The van der Waals surface area contributed by atoms with E-state index in [1.165, 1.54) is 6.42 Å². The normalized spacial score (nSPS) is 19.3. The summed E-state index contributed by atoms with van der Waals surface area (Å²) in [7, 11) is 1.89. The Morgan fingerprint density at radius 3 is 2.94 bits per heavy atom. The summed E-state index contributed by atoms with van der Waals surface area (Å²) in [4.78, 5) is 14.0. The second kappa shape index (κ2) is 5.91. The van der Waals surface area contributed by atoms with Crippen molar-refractivity contribution in [1.82, 2.24) is 4.90 Å². The molecule has 1 aromatic carbocycles. The van der Waals surface area contributed by atoms with Gasteiger partial charge in [-0.25, -0.2) is 0 Å². The molecule has 0 radical (unpaired) electrons. The summed E-state index contributed by atoms with van der Waals surface area (Å²) in [5.74, 6) is 1.39. The van der Waals surface area contributed by atoms with Crippen molar-refractivity contribution in [2.24, 2.45) is 0 Å². The summed E-state index contributed by atoms with van der Waals surface area (Å²) in [5.41, 5.74) is 1.16. The van der Waals surface area contributed by atoms with Crippen LogP contribution in [0.3, 0.4) is 0 Å². The smallest absolute Gasteiger partial charge is 0.235 e. The molecule has 0 aromatic heterocycles. The third-order valence-corrected chi connectivity index (χ3v) is 5.08. The number of halogens is 1. The van der Waals surface area contributed by atoms with Gasteiger partial charge in [0.1, 0.15) is 0 Å². The van der Waals surface area contributed by atoms with Crippen molar-refractivity contribution in [2.75, 3.05) is 12.8 Å². The highest BCUT2D eigenvalue weighted by Gasteiger charge is 2.26. The van der Waals surface area contributed by atoms with Crippen molar-refractivity contribution in [1.29, 1.82) is 0 Å². The van der Waals surface area contributed by atoms with Crippen LogP contribution in [0.25, 0.3) is 0 Å². The summed E-state index contributed by atoms with van der Waals surface area (Å²) in [6.07, 6.45) is 2.20. The lowest BCUT2D eigenvalue weighted by Gasteiger charge is -2.21. The van der Waals surface area contributed by atoms with Crippen molar-refractivity contribution in [2.45, 2.75) is 24.6 Å². The first-order chi connectivity index (χ1) is 8.18. The van der Waals surface area contributed by atoms with Gasteiger partial charge in [0, 0.05) is 18.1 Å². The summed E-state index contributed by atoms with van der Waals surface area (Å²) in [6.45, 7) is 0.678. The maximum absolute atomic E-state index is 12.2. The fraction of sp³-hybridized carbons (Fsp3) is 0.462. The number of benzene rings is 1. The van der Waals surface area contributed by atoms with Gasteiger partial charge in [-0.2, -0.15) is 0 Å². The first-order valence-corrected chi connectivity index (χ1v) is 7.62. The molecule has 0 spiro atoms. The number of nitrogens with zero attached hydrogens (tertiary/aromatic N) is 1. The Kier molecular flexibility index (Phi) is 4.51. The summed E-state index contributed by atoms with van der Waals surface area (Å²) < 4.78 is 1.07. The third kappa shape index (κ3) is 3.26. The van der Waals surface area contributed by atoms with Crippen LogP contribution in [0.1, 0.15) is 18.4 Å². The molecule has 0 aliphatic carbocycles. The molecule has 1 fully saturated rings. The zero-order chi connectivity index (χ0) is 12.3. The van der Waals surface area contributed by atoms with Crippen LogP contribution in [0.5, 0.6) is 0 Å². The number of hydrogen-bond donors (Lipinski definition) is 0. The zero-order valence-electron chi connectivity index (χ0n) is 9.86. The van der Waals surface area contributed by atoms with Crippen molar-refractivity contribution in [3.8, 4) is 0 Å². The highest BCUT2D eigenvalue weighted by molar-refractivity contribution is 9.10. The first-order valence-electron chi connectivity index (χ1n) is 5.78. The van der Waals surface area contributed by atoms with Gasteiger partial charge in [-0.15, -0.1) is 11.8 Å². The second-order valence-electron chi connectivity index (χ2n) is 4.29. The van der Waals surface area contributed by atoms with Crippen LogP contribution in [-0.2, 0) is 11.3 Å². The average molecular weight is 314 g/mol. The Morgan fingerprint density at radius 1 is 1.53 bits per heavy atom. The van der Waals surface area contributed by atoms with Crippen LogP contribution >= 0.6 is 27.7 Å². The predicted molar refractivity (Wildman–Crippen MR) is 76.1 cm³/mol. The number of hydrogen-bond acceptors (Lipinski definition) is 2. The Labute approximate surface area is 115 Å². The lowest BCUT2D eigenvalue weighted by molar-refractivity contribution is -0.129. The van der Waals surface area contributed by atoms with E-state index in [1.54, 1.807) is 11.8 Å². The zero-order valence-corrected chi connectivity index (χ0v) is 12.3. The first kappa shape index (κ1) is 13.0. The van der Waals surface area contributed by atoms with E-state index < -0.39 is 0 Å². The predicted octanol–water partition coefficient (Wildman–Crippen LogP) is 3.30. The molecular weight excluding hydrogens is 298 g/mol. The number of thioether (sulfide) groups is 1. The van der Waals surface area contributed by atoms with E-state index in [0.29, 0.717) is 6.54 Å². The van der Waals surface area contributed by atoms with Crippen molar-refractivity contribution in [3.63, 3.8) is 0 Å². The lowest BCUT2D eigenvalue weighted by atomic mass is 10.2. The van der Waals surface area contributed by atoms with Gasteiger partial charge in [0.2, 0.25) is 5.91 Å². The molecule has 4 heteroatoms. The minimum atomic E-state index is 0.183. The quantitative estimate of drug-likeness (QED) is 0.853. The SMILES string of the molecule is CN(Cc1ccccc1Br)C(=O)C1CCCS1. The molecule has 0 bridgehead atoms. The standard InChI is InChI=1S/C13H16BrNOS/c1-15(13(16)12-7-4-8-17-12)9-10-5-2-3-6-11(10)14/h2-3,5-6,12H,4,7-9H2,1H3. The fourth-order valence-electron chi connectivity index (χ4n) is 1.98. The van der Waals surface area contributed by atoms with Crippen molar-refractivity contribution in [3.05, 3.63) is 34.3 Å². The van der Waals surface area contributed by atoms with Crippen molar-refractivity contribution >= 4 is 33.6 Å². The minimum absolute atomic E-state index is 0.183. The molecular formula is C13H16BrNOS. The second-order valence-corrected chi connectivity index (χ2v) is 6.45. The van der Waals surface area contributed by atoms with Crippen molar-refractivity contribution < 1.29 is 4.79 Å². The summed E-state index contributed by atoms with van der Waals surface area (Å²) in [6, 6.07) is 8.05. The van der Waals surface area contributed by atoms with E-state index in [4.69, 9.17) is 0 Å². The van der Waals surface area contributed by atoms with Crippen LogP contribution in [0.4, 0.5) is 0 Å². The molecule has 1 aliphatic rings. The van der Waals surface area contributed by atoms with Gasteiger partial charge >= 0.3 is 0 Å². The fourth-order valence-corrected chi connectivity index (χ4v) is 3.66. The van der Waals surface area contributed by atoms with E-state index in [2.05, 4.69) is 22.0 Å². The van der Waals surface area contributed by atoms with Crippen LogP contribution < -0.4 is 0 Å². The Morgan fingerprint density at radius 2 is 2.29 bits per heavy atom. The molecule has 17 heavy (non-hydrogen) atoms. The third-order valence-electron chi connectivity index (χ3n) is 2.95. The number of carbonyl (C=O) groups excluding carboxylic acids is 1. The largest absolute Gasteiger partial charge is 0.340 e. The van der Waals surface area contributed by atoms with Gasteiger partial charge in [0.05, 0.1) is 5.25 Å². The van der Waals surface area contributed by atoms with Gasteiger partial charge < -0.3 is 4.90 Å². The molecule has 1 unspecified atom stereocenters. The maximum atomic E-state index is 12.2. The van der Waals surface area contributed by atoms with E-state index >= 15 is 0 Å². The lowest BCUT2D eigenvalue weighted by Crippen LogP contribution is -2.33. The Bertz CT molecular complexity index is 404. The summed E-state index contributed by atoms with van der Waals surface area (Å²) in [5, 5.41) is 0.183. The van der Waals surface area contributed by atoms with Crippen LogP contribution in [-0.4, -0.2) is 28.9 Å². The van der Waals surface area contributed by atoms with Gasteiger partial charge in [-0.05, 0) is 30.2 Å². The maximum Gasteiger partial charge on any atom is 0.235 e. The number of amides is 1. The Balaban J connectivity index is 1.99. The van der Waals surface area contributed by atoms with Gasteiger partial charge in [-0.1, -0.05) is 34.1 Å². The topological polar surface area (TPSA) is 20.3 Å². The van der Waals surface area contributed by atoms with E-state index in [0.717, 1.165) is 22.2 Å². The molecule has 0 saturated carbocycles. The minimum Gasteiger partial charge on any atom is -0.340 e. The summed E-state index contributed by atoms with van der Waals surface area (Å²) >= 11 is 5.30. The van der Waals surface area contributed by atoms with E-state index in [9.17, 15) is 4.79 Å². The molecule has 0 N–H and O–H groups in total. The van der Waals surface area contributed by atoms with E-state index in [1.807, 2.05) is 30.1 Å². The average Bonchev–Trinajstić information content (AvgIpc) is 2.84. The molecule has 1 amide bonds. The molecule has 2 nitrogen and oxygen atoms in total. The highest BCUT2D eigenvalue weighted by Crippen LogP contribution is 2.28. The molecule has 1 atom stereocenters. The Hall–Kier alpha value is -0.480. The number of carbonyl (C=O) groups is 1. The van der Waals surface area contributed by atoms with Gasteiger partial charge in [0.25, 0.3) is 0 Å². The van der Waals surface area contributed by atoms with E-state index in [-0.39, 0.29) is 11.2 Å². The van der Waals surface area contributed by atoms with Crippen LogP contribution in [0.2, 0.25) is 0 Å². The molecule has 1 aromatic rings. The molecule has 2 rings (SSSR count). The molecule has 1 heterocycles. The molecule has 1 saturated heterocycles. The molecule has 1 aliphatic heterocycles. The molecule has 92 valence electrons. The highest BCUT2D eigenvalue weighted by atomic mass is 79.9. The monoisotopic (exact) mass is 313 g/mol. The van der Waals surface area contributed by atoms with Crippen LogP contribution in [0, 0.1) is 0 Å². The number of rotatable bonds is 3.